The van der Waals surface area contributed by atoms with Gasteiger partial charge in [0.05, 0.1) is 18.3 Å². The average molecular weight is 195 g/mol. The Morgan fingerprint density at radius 1 is 1.71 bits per heavy atom. The van der Waals surface area contributed by atoms with Crippen molar-refractivity contribution in [1.82, 2.24) is 9.78 Å². The highest BCUT2D eigenvalue weighted by Gasteiger charge is 2.19. The maximum atomic E-state index is 5.86. The number of hydrogen-bond acceptors (Lipinski definition) is 3. The van der Waals surface area contributed by atoms with Crippen molar-refractivity contribution in [1.29, 1.82) is 0 Å². The Kier molecular flexibility index (Phi) is 2.84. The van der Waals surface area contributed by atoms with E-state index in [1.54, 1.807) is 0 Å². The molecule has 78 valence electrons. The summed E-state index contributed by atoms with van der Waals surface area (Å²) in [5.41, 5.74) is 6.96. The summed E-state index contributed by atoms with van der Waals surface area (Å²) in [7, 11) is 0. The third-order valence-corrected chi connectivity index (χ3v) is 2.65. The van der Waals surface area contributed by atoms with Crippen molar-refractivity contribution < 1.29 is 4.74 Å². The predicted molar refractivity (Wildman–Crippen MR) is 53.9 cm³/mol. The summed E-state index contributed by atoms with van der Waals surface area (Å²) in [5.74, 6) is 0. The third kappa shape index (κ3) is 1.81. The number of ether oxygens (including phenoxy) is 1. The molecule has 4 nitrogen and oxygen atoms in total. The summed E-state index contributed by atoms with van der Waals surface area (Å²) in [6.45, 7) is 3.63. The molecule has 0 spiro atoms. The van der Waals surface area contributed by atoms with Gasteiger partial charge in [-0.3, -0.25) is 4.68 Å². The van der Waals surface area contributed by atoms with Crippen LogP contribution in [-0.2, 0) is 4.74 Å². The molecule has 1 aromatic heterocycles. The van der Waals surface area contributed by atoms with Gasteiger partial charge >= 0.3 is 0 Å². The van der Waals surface area contributed by atoms with Gasteiger partial charge in [0, 0.05) is 18.8 Å². The van der Waals surface area contributed by atoms with Crippen molar-refractivity contribution in [3.8, 4) is 0 Å². The summed E-state index contributed by atoms with van der Waals surface area (Å²) < 4.78 is 7.46. The summed E-state index contributed by atoms with van der Waals surface area (Å²) in [4.78, 5) is 0. The molecule has 2 heterocycles. The molecule has 2 N–H and O–H groups in total. The minimum absolute atomic E-state index is 0.0411. The van der Waals surface area contributed by atoms with E-state index in [0.717, 1.165) is 31.7 Å². The van der Waals surface area contributed by atoms with E-state index in [4.69, 9.17) is 10.5 Å². The second kappa shape index (κ2) is 4.11. The molecule has 1 aromatic rings. The molecule has 2 atom stereocenters. The highest BCUT2D eigenvalue weighted by molar-refractivity contribution is 5.06. The quantitative estimate of drug-likeness (QED) is 0.772. The monoisotopic (exact) mass is 195 g/mol. The average Bonchev–Trinajstić information content (AvgIpc) is 2.67. The van der Waals surface area contributed by atoms with Gasteiger partial charge in [-0.1, -0.05) is 0 Å². The Balaban J connectivity index is 2.17. The first kappa shape index (κ1) is 9.68. The van der Waals surface area contributed by atoms with Crippen molar-refractivity contribution in [2.45, 2.75) is 31.8 Å². The molecule has 0 bridgehead atoms. The fourth-order valence-corrected chi connectivity index (χ4v) is 1.91. The number of nitrogens with two attached hydrogens (primary N) is 1. The molecule has 14 heavy (non-hydrogen) atoms. The van der Waals surface area contributed by atoms with Gasteiger partial charge in [0.1, 0.15) is 0 Å². The molecule has 1 aliphatic heterocycles. The highest BCUT2D eigenvalue weighted by Crippen LogP contribution is 2.22. The van der Waals surface area contributed by atoms with Gasteiger partial charge in [0.15, 0.2) is 0 Å². The van der Waals surface area contributed by atoms with Crippen LogP contribution in [0, 0.1) is 0 Å². The summed E-state index contributed by atoms with van der Waals surface area (Å²) >= 11 is 0. The van der Waals surface area contributed by atoms with Crippen LogP contribution in [0.4, 0.5) is 0 Å². The van der Waals surface area contributed by atoms with Crippen molar-refractivity contribution in [2.24, 2.45) is 5.73 Å². The van der Waals surface area contributed by atoms with Gasteiger partial charge in [-0.15, -0.1) is 0 Å². The fourth-order valence-electron chi connectivity index (χ4n) is 1.91. The van der Waals surface area contributed by atoms with Crippen molar-refractivity contribution in [2.75, 3.05) is 13.2 Å². The normalized spacial score (nSPS) is 24.9. The molecule has 0 amide bonds. The number of nitrogens with zero attached hydrogens (tertiary/aromatic N) is 2. The molecule has 1 saturated heterocycles. The van der Waals surface area contributed by atoms with Crippen LogP contribution in [0.1, 0.15) is 37.5 Å². The molecule has 1 aliphatic rings. The van der Waals surface area contributed by atoms with E-state index in [9.17, 15) is 0 Å². The molecular formula is C10H17N3O. The van der Waals surface area contributed by atoms with Gasteiger partial charge in [-0.05, 0) is 25.8 Å². The lowest BCUT2D eigenvalue weighted by Gasteiger charge is -2.25. The maximum Gasteiger partial charge on any atom is 0.0757 e. The van der Waals surface area contributed by atoms with E-state index >= 15 is 0 Å². The maximum absolute atomic E-state index is 5.86. The molecule has 4 heteroatoms. The van der Waals surface area contributed by atoms with Crippen molar-refractivity contribution in [3.63, 3.8) is 0 Å². The number of aromatic nitrogens is 2. The van der Waals surface area contributed by atoms with Crippen LogP contribution >= 0.6 is 0 Å². The number of rotatable bonds is 2. The number of hydrogen-bond donors (Lipinski definition) is 1. The first-order chi connectivity index (χ1) is 6.79. The van der Waals surface area contributed by atoms with E-state index in [0.29, 0.717) is 6.04 Å². The zero-order valence-electron chi connectivity index (χ0n) is 8.52. The van der Waals surface area contributed by atoms with Crippen LogP contribution in [0.25, 0.3) is 0 Å². The van der Waals surface area contributed by atoms with Gasteiger partial charge < -0.3 is 10.5 Å². The smallest absolute Gasteiger partial charge is 0.0757 e. The zero-order chi connectivity index (χ0) is 9.97. The Hall–Kier alpha value is -0.870. The van der Waals surface area contributed by atoms with Gasteiger partial charge in [0.2, 0.25) is 0 Å². The third-order valence-electron chi connectivity index (χ3n) is 2.65. The van der Waals surface area contributed by atoms with E-state index in [1.165, 1.54) is 0 Å². The zero-order valence-corrected chi connectivity index (χ0v) is 8.52. The lowest BCUT2D eigenvalue weighted by atomic mass is 10.1. The van der Waals surface area contributed by atoms with E-state index in [-0.39, 0.29) is 6.04 Å². The van der Waals surface area contributed by atoms with E-state index in [1.807, 2.05) is 23.9 Å². The molecule has 2 unspecified atom stereocenters. The van der Waals surface area contributed by atoms with Gasteiger partial charge in [0.25, 0.3) is 0 Å². The molecule has 0 aliphatic carbocycles. The molecule has 0 radical (unpaired) electrons. The molecule has 1 fully saturated rings. The largest absolute Gasteiger partial charge is 0.379 e. The Morgan fingerprint density at radius 2 is 2.57 bits per heavy atom. The molecular weight excluding hydrogens is 178 g/mol. The van der Waals surface area contributed by atoms with E-state index < -0.39 is 0 Å². The first-order valence-electron chi connectivity index (χ1n) is 5.16. The van der Waals surface area contributed by atoms with Gasteiger partial charge in [-0.25, -0.2) is 0 Å². The van der Waals surface area contributed by atoms with Crippen LogP contribution in [0.3, 0.4) is 0 Å². The fraction of sp³-hybridized carbons (Fsp3) is 0.700. The molecule has 2 rings (SSSR count). The van der Waals surface area contributed by atoms with Crippen LogP contribution in [0.2, 0.25) is 0 Å². The van der Waals surface area contributed by atoms with Crippen LogP contribution in [0.5, 0.6) is 0 Å². The lowest BCUT2D eigenvalue weighted by molar-refractivity contribution is 0.0536. The standard InChI is InChI=1S/C10H17N3O/c1-8(11)10-4-5-12-13(10)9-3-2-6-14-7-9/h4-5,8-9H,2-3,6-7,11H2,1H3. The van der Waals surface area contributed by atoms with Crippen LogP contribution in [0.15, 0.2) is 12.3 Å². The SMILES string of the molecule is CC(N)c1ccnn1C1CCCOC1. The Bertz CT molecular complexity index is 289. The molecule has 0 aromatic carbocycles. The summed E-state index contributed by atoms with van der Waals surface area (Å²) in [5, 5.41) is 4.32. The highest BCUT2D eigenvalue weighted by atomic mass is 16.5. The van der Waals surface area contributed by atoms with Crippen molar-refractivity contribution in [3.05, 3.63) is 18.0 Å². The second-order valence-corrected chi connectivity index (χ2v) is 3.86. The van der Waals surface area contributed by atoms with Crippen molar-refractivity contribution >= 4 is 0 Å². The topological polar surface area (TPSA) is 53.1 Å². The summed E-state index contributed by atoms with van der Waals surface area (Å²) in [6.07, 6.45) is 4.07. The first-order valence-corrected chi connectivity index (χ1v) is 5.16. The van der Waals surface area contributed by atoms with Gasteiger partial charge in [-0.2, -0.15) is 5.10 Å². The minimum atomic E-state index is 0.0411. The lowest BCUT2D eigenvalue weighted by Crippen LogP contribution is -2.25. The minimum Gasteiger partial charge on any atom is -0.379 e. The van der Waals surface area contributed by atoms with Crippen LogP contribution in [-0.4, -0.2) is 23.0 Å². The second-order valence-electron chi connectivity index (χ2n) is 3.86. The predicted octanol–water partition coefficient (Wildman–Crippen LogP) is 1.25. The molecule has 0 saturated carbocycles. The Labute approximate surface area is 84.0 Å². The van der Waals surface area contributed by atoms with E-state index in [2.05, 4.69) is 5.10 Å². The summed E-state index contributed by atoms with van der Waals surface area (Å²) in [6, 6.07) is 2.40. The Morgan fingerprint density at radius 3 is 3.21 bits per heavy atom. The van der Waals surface area contributed by atoms with Crippen LogP contribution < -0.4 is 5.73 Å².